The first kappa shape index (κ1) is 16.1. The molecule has 0 bridgehead atoms. The minimum atomic E-state index is -3.61. The number of nitrogens with zero attached hydrogens (tertiary/aromatic N) is 3. The van der Waals surface area contributed by atoms with Crippen molar-refractivity contribution in [3.05, 3.63) is 12.4 Å². The maximum absolute atomic E-state index is 12.2. The van der Waals surface area contributed by atoms with Crippen molar-refractivity contribution in [2.24, 2.45) is 5.84 Å². The molecule has 1 aliphatic rings. The Labute approximate surface area is 125 Å². The molecular formula is C12H22N6O2S. The average Bonchev–Trinajstić information content (AvgIpc) is 2.47. The van der Waals surface area contributed by atoms with Crippen molar-refractivity contribution in [1.82, 2.24) is 19.6 Å². The lowest BCUT2D eigenvalue weighted by molar-refractivity contribution is 0.215. The fourth-order valence-electron chi connectivity index (χ4n) is 2.43. The maximum Gasteiger partial charge on any atom is 0.243 e. The molecule has 1 saturated heterocycles. The number of nitrogen functional groups attached to an aromatic ring is 1. The van der Waals surface area contributed by atoms with Gasteiger partial charge in [0.25, 0.3) is 0 Å². The van der Waals surface area contributed by atoms with E-state index in [0.29, 0.717) is 6.54 Å². The molecule has 21 heavy (non-hydrogen) atoms. The van der Waals surface area contributed by atoms with Gasteiger partial charge in [-0.1, -0.05) is 6.42 Å². The van der Waals surface area contributed by atoms with Crippen LogP contribution in [-0.2, 0) is 10.0 Å². The van der Waals surface area contributed by atoms with E-state index in [1.807, 2.05) is 6.92 Å². The van der Waals surface area contributed by atoms with Crippen LogP contribution in [0.5, 0.6) is 0 Å². The summed E-state index contributed by atoms with van der Waals surface area (Å²) in [5.41, 5.74) is 2.26. The van der Waals surface area contributed by atoms with Crippen LogP contribution in [0.3, 0.4) is 0 Å². The number of hydrazine groups is 1. The maximum atomic E-state index is 12.2. The van der Waals surface area contributed by atoms with Crippen LogP contribution in [0.15, 0.2) is 17.3 Å². The Balaban J connectivity index is 1.95. The molecule has 0 spiro atoms. The van der Waals surface area contributed by atoms with Crippen LogP contribution in [0.25, 0.3) is 0 Å². The minimum Gasteiger partial charge on any atom is -0.302 e. The molecular weight excluding hydrogens is 292 g/mol. The van der Waals surface area contributed by atoms with Crippen LogP contribution in [0.4, 0.5) is 5.95 Å². The van der Waals surface area contributed by atoms with E-state index >= 15 is 0 Å². The van der Waals surface area contributed by atoms with Gasteiger partial charge >= 0.3 is 0 Å². The number of rotatable bonds is 6. The molecule has 1 aromatic heterocycles. The summed E-state index contributed by atoms with van der Waals surface area (Å²) >= 11 is 0. The smallest absolute Gasteiger partial charge is 0.243 e. The van der Waals surface area contributed by atoms with Gasteiger partial charge < -0.3 is 4.90 Å². The summed E-state index contributed by atoms with van der Waals surface area (Å²) in [7, 11) is -3.61. The molecule has 9 heteroatoms. The Kier molecular flexibility index (Phi) is 5.45. The minimum absolute atomic E-state index is 0.0343. The number of piperidine rings is 1. The highest BCUT2D eigenvalue weighted by molar-refractivity contribution is 7.89. The molecule has 0 saturated carbocycles. The molecule has 1 fully saturated rings. The van der Waals surface area contributed by atoms with Crippen LogP contribution in [0, 0.1) is 0 Å². The quantitative estimate of drug-likeness (QED) is 0.497. The second-order valence-corrected chi connectivity index (χ2v) is 6.98. The van der Waals surface area contributed by atoms with Gasteiger partial charge in [0.05, 0.1) is 12.4 Å². The molecule has 8 nitrogen and oxygen atoms in total. The highest BCUT2D eigenvalue weighted by atomic mass is 32.2. The first-order valence-corrected chi connectivity index (χ1v) is 8.53. The van der Waals surface area contributed by atoms with Crippen molar-refractivity contribution >= 4 is 16.0 Å². The summed E-state index contributed by atoms with van der Waals surface area (Å²) in [6, 6.07) is -0.166. The third-order valence-electron chi connectivity index (χ3n) is 3.40. The molecule has 1 atom stereocenters. The van der Waals surface area contributed by atoms with E-state index in [4.69, 9.17) is 5.84 Å². The highest BCUT2D eigenvalue weighted by Crippen LogP contribution is 2.11. The van der Waals surface area contributed by atoms with Crippen molar-refractivity contribution in [2.75, 3.05) is 25.1 Å². The van der Waals surface area contributed by atoms with Gasteiger partial charge in [-0.15, -0.1) is 0 Å². The molecule has 1 aliphatic heterocycles. The van der Waals surface area contributed by atoms with E-state index in [9.17, 15) is 8.42 Å². The summed E-state index contributed by atoms with van der Waals surface area (Å²) < 4.78 is 27.1. The first-order valence-electron chi connectivity index (χ1n) is 7.04. The van der Waals surface area contributed by atoms with E-state index in [1.54, 1.807) is 0 Å². The van der Waals surface area contributed by atoms with Crippen molar-refractivity contribution in [2.45, 2.75) is 37.1 Å². The van der Waals surface area contributed by atoms with E-state index in [2.05, 4.69) is 25.0 Å². The molecule has 1 aromatic rings. The zero-order valence-electron chi connectivity index (χ0n) is 12.1. The lowest BCUT2D eigenvalue weighted by Gasteiger charge is -2.29. The Hall–Kier alpha value is -1.29. The molecule has 0 amide bonds. The highest BCUT2D eigenvalue weighted by Gasteiger charge is 2.20. The zero-order valence-corrected chi connectivity index (χ0v) is 12.9. The van der Waals surface area contributed by atoms with E-state index in [-0.39, 0.29) is 16.9 Å². The van der Waals surface area contributed by atoms with Crippen LogP contribution in [0.1, 0.15) is 26.2 Å². The normalized spacial score (nSPS) is 18.4. The van der Waals surface area contributed by atoms with Gasteiger partial charge in [-0.05, 0) is 32.9 Å². The molecule has 2 rings (SSSR count). The fraction of sp³-hybridized carbons (Fsp3) is 0.667. The van der Waals surface area contributed by atoms with E-state index < -0.39 is 10.0 Å². The number of hydrogen-bond acceptors (Lipinski definition) is 7. The van der Waals surface area contributed by atoms with Crippen molar-refractivity contribution < 1.29 is 8.42 Å². The molecule has 0 aromatic carbocycles. The van der Waals surface area contributed by atoms with Crippen LogP contribution >= 0.6 is 0 Å². The number of nitrogens with one attached hydrogen (secondary N) is 2. The molecule has 118 valence electrons. The van der Waals surface area contributed by atoms with Gasteiger partial charge in [0, 0.05) is 12.6 Å². The van der Waals surface area contributed by atoms with E-state index in [1.165, 1.54) is 31.7 Å². The van der Waals surface area contributed by atoms with Crippen molar-refractivity contribution in [3.63, 3.8) is 0 Å². The second-order valence-electron chi connectivity index (χ2n) is 5.27. The van der Waals surface area contributed by atoms with Gasteiger partial charge in [-0.25, -0.2) is 29.0 Å². The molecule has 0 aliphatic carbocycles. The van der Waals surface area contributed by atoms with Crippen LogP contribution in [0.2, 0.25) is 0 Å². The first-order chi connectivity index (χ1) is 10.0. The Morgan fingerprint density at radius 1 is 1.29 bits per heavy atom. The summed E-state index contributed by atoms with van der Waals surface area (Å²) in [5, 5.41) is 0. The fourth-order valence-corrected chi connectivity index (χ4v) is 3.55. The predicted molar refractivity (Wildman–Crippen MR) is 79.9 cm³/mol. The predicted octanol–water partition coefficient (Wildman–Crippen LogP) is -0.0851. The number of nitrogens with two attached hydrogens (primary N) is 1. The summed E-state index contributed by atoms with van der Waals surface area (Å²) in [4.78, 5) is 9.94. The monoisotopic (exact) mass is 314 g/mol. The number of aromatic nitrogens is 2. The number of anilines is 1. The van der Waals surface area contributed by atoms with Gasteiger partial charge in [-0.3, -0.25) is 5.43 Å². The topological polar surface area (TPSA) is 113 Å². The Bertz CT molecular complexity index is 541. The lowest BCUT2D eigenvalue weighted by Crippen LogP contribution is -2.43. The zero-order chi connectivity index (χ0) is 15.3. The molecule has 1 unspecified atom stereocenters. The lowest BCUT2D eigenvalue weighted by atomic mass is 10.1. The summed E-state index contributed by atoms with van der Waals surface area (Å²) in [6.45, 7) is 4.64. The standard InChI is InChI=1S/C12H22N6O2S/c1-10(9-18-5-3-2-4-6-18)17-21(19,20)11-7-14-12(16-13)15-8-11/h7-8,10,17H,2-6,9,13H2,1H3,(H,14,15,16). The molecule has 2 heterocycles. The summed E-state index contributed by atoms with van der Waals surface area (Å²) in [6.07, 6.45) is 6.09. The SMILES string of the molecule is CC(CN1CCCCC1)NS(=O)(=O)c1cnc(NN)nc1. The van der Waals surface area contributed by atoms with Gasteiger partial charge in [0.2, 0.25) is 16.0 Å². The van der Waals surface area contributed by atoms with Gasteiger partial charge in [0.1, 0.15) is 4.90 Å². The van der Waals surface area contributed by atoms with Crippen molar-refractivity contribution in [3.8, 4) is 0 Å². The third-order valence-corrected chi connectivity index (χ3v) is 4.95. The van der Waals surface area contributed by atoms with Gasteiger partial charge in [0.15, 0.2) is 0 Å². The molecule has 4 N–H and O–H groups in total. The van der Waals surface area contributed by atoms with Crippen LogP contribution < -0.4 is 16.0 Å². The number of hydrogen-bond donors (Lipinski definition) is 3. The number of likely N-dealkylation sites (tertiary alicyclic amines) is 1. The largest absolute Gasteiger partial charge is 0.302 e. The van der Waals surface area contributed by atoms with Crippen LogP contribution in [-0.4, -0.2) is 49.0 Å². The number of sulfonamides is 1. The van der Waals surface area contributed by atoms with E-state index in [0.717, 1.165) is 13.1 Å². The van der Waals surface area contributed by atoms with Gasteiger partial charge in [-0.2, -0.15) is 0 Å². The Morgan fingerprint density at radius 3 is 2.48 bits per heavy atom. The Morgan fingerprint density at radius 2 is 1.90 bits per heavy atom. The summed E-state index contributed by atoms with van der Waals surface area (Å²) in [5.74, 6) is 5.32. The van der Waals surface area contributed by atoms with Crippen molar-refractivity contribution in [1.29, 1.82) is 0 Å². The average molecular weight is 314 g/mol. The second kappa shape index (κ2) is 7.12. The molecule has 0 radical (unpaired) electrons. The third kappa shape index (κ3) is 4.60.